The highest BCUT2D eigenvalue weighted by molar-refractivity contribution is 5.92. The molecule has 2 amide bonds. The maximum Gasteiger partial charge on any atom is 0.255 e. The summed E-state index contributed by atoms with van der Waals surface area (Å²) in [6.07, 6.45) is 0.590. The van der Waals surface area contributed by atoms with Gasteiger partial charge in [-0.15, -0.1) is 0 Å². The van der Waals surface area contributed by atoms with Crippen molar-refractivity contribution in [2.24, 2.45) is 0 Å². The zero-order valence-corrected chi connectivity index (χ0v) is 10.4. The third-order valence-corrected chi connectivity index (χ3v) is 3.34. The molecule has 1 aliphatic heterocycles. The molecule has 1 aliphatic rings. The fourth-order valence-corrected chi connectivity index (χ4v) is 1.75. The van der Waals surface area contributed by atoms with Crippen molar-refractivity contribution in [3.05, 3.63) is 0 Å². The summed E-state index contributed by atoms with van der Waals surface area (Å²) in [5.74, 6) is -0.214. The lowest BCUT2D eigenvalue weighted by Crippen LogP contribution is -2.60. The Labute approximate surface area is 96.1 Å². The Bertz CT molecular complexity index is 287. The Morgan fingerprint density at radius 1 is 1.69 bits per heavy atom. The predicted molar refractivity (Wildman–Crippen MR) is 59.9 cm³/mol. The Kier molecular flexibility index (Phi) is 3.91. The van der Waals surface area contributed by atoms with E-state index in [0.29, 0.717) is 19.5 Å². The van der Waals surface area contributed by atoms with Gasteiger partial charge in [-0.2, -0.15) is 0 Å². The molecule has 0 aromatic heterocycles. The first-order valence-electron chi connectivity index (χ1n) is 5.60. The topological polar surface area (TPSA) is 58.6 Å². The summed E-state index contributed by atoms with van der Waals surface area (Å²) in [6.45, 7) is 6.45. The molecule has 1 saturated heterocycles. The van der Waals surface area contributed by atoms with Gasteiger partial charge in [-0.05, 0) is 20.3 Å². The van der Waals surface area contributed by atoms with Crippen molar-refractivity contribution in [2.75, 3.05) is 20.2 Å². The molecule has 5 nitrogen and oxygen atoms in total. The smallest absolute Gasteiger partial charge is 0.255 e. The third-order valence-electron chi connectivity index (χ3n) is 3.34. The van der Waals surface area contributed by atoms with Crippen LogP contribution in [-0.2, 0) is 14.3 Å². The minimum absolute atomic E-state index is 0.103. The van der Waals surface area contributed by atoms with Gasteiger partial charge < -0.3 is 15.0 Å². The average molecular weight is 228 g/mol. The molecule has 5 heteroatoms. The highest BCUT2D eigenvalue weighted by Gasteiger charge is 2.39. The number of methoxy groups -OCH3 is 1. The molecule has 1 N–H and O–H groups in total. The third kappa shape index (κ3) is 2.19. The maximum atomic E-state index is 12.3. The number of nitrogens with one attached hydrogen (secondary N) is 1. The molecule has 16 heavy (non-hydrogen) atoms. The molecular weight excluding hydrogens is 208 g/mol. The molecule has 0 aliphatic carbocycles. The monoisotopic (exact) mass is 228 g/mol. The van der Waals surface area contributed by atoms with E-state index in [4.69, 9.17) is 4.74 Å². The van der Waals surface area contributed by atoms with Gasteiger partial charge in [0.2, 0.25) is 5.91 Å². The number of rotatable bonds is 3. The van der Waals surface area contributed by atoms with E-state index >= 15 is 0 Å². The molecule has 0 spiro atoms. The van der Waals surface area contributed by atoms with Gasteiger partial charge in [0, 0.05) is 20.2 Å². The second-order valence-electron chi connectivity index (χ2n) is 4.25. The molecular formula is C11H20N2O3. The van der Waals surface area contributed by atoms with Crippen LogP contribution >= 0.6 is 0 Å². The van der Waals surface area contributed by atoms with Crippen molar-refractivity contribution in [2.45, 2.75) is 38.8 Å². The van der Waals surface area contributed by atoms with E-state index < -0.39 is 11.6 Å². The van der Waals surface area contributed by atoms with Gasteiger partial charge in [-0.25, -0.2) is 0 Å². The largest absolute Gasteiger partial charge is 0.369 e. The molecule has 0 saturated carbocycles. The van der Waals surface area contributed by atoms with Crippen LogP contribution in [0.1, 0.15) is 27.2 Å². The molecule has 1 rings (SSSR count). The molecule has 0 aromatic carbocycles. The van der Waals surface area contributed by atoms with E-state index in [1.165, 1.54) is 7.11 Å². The van der Waals surface area contributed by atoms with Gasteiger partial charge in [-0.3, -0.25) is 9.59 Å². The van der Waals surface area contributed by atoms with Gasteiger partial charge >= 0.3 is 0 Å². The standard InChI is InChI=1S/C11H20N2O3/c1-5-11(3,16-4)10(15)13-7-6-12-9(14)8(13)2/h8H,5-7H2,1-4H3,(H,12,14). The van der Waals surface area contributed by atoms with Crippen LogP contribution in [0.4, 0.5) is 0 Å². The normalized spacial score (nSPS) is 24.9. The molecule has 92 valence electrons. The van der Waals surface area contributed by atoms with Crippen LogP contribution in [0.3, 0.4) is 0 Å². The van der Waals surface area contributed by atoms with Crippen molar-refractivity contribution < 1.29 is 14.3 Å². The molecule has 2 atom stereocenters. The van der Waals surface area contributed by atoms with Crippen LogP contribution in [0.5, 0.6) is 0 Å². The van der Waals surface area contributed by atoms with E-state index in [0.717, 1.165) is 0 Å². The lowest BCUT2D eigenvalue weighted by Gasteiger charge is -2.38. The quantitative estimate of drug-likeness (QED) is 0.748. The van der Waals surface area contributed by atoms with Crippen LogP contribution in [0.15, 0.2) is 0 Å². The highest BCUT2D eigenvalue weighted by Crippen LogP contribution is 2.20. The number of carbonyl (C=O) groups is 2. The van der Waals surface area contributed by atoms with E-state index in [2.05, 4.69) is 5.32 Å². The Balaban J connectivity index is 2.83. The molecule has 1 heterocycles. The lowest BCUT2D eigenvalue weighted by molar-refractivity contribution is -0.159. The number of hydrogen-bond donors (Lipinski definition) is 1. The summed E-state index contributed by atoms with van der Waals surface area (Å²) >= 11 is 0. The minimum Gasteiger partial charge on any atom is -0.369 e. The first kappa shape index (κ1) is 13.0. The Morgan fingerprint density at radius 2 is 2.31 bits per heavy atom. The van der Waals surface area contributed by atoms with Gasteiger partial charge in [0.15, 0.2) is 0 Å². The summed E-state index contributed by atoms with van der Waals surface area (Å²) in [6, 6.07) is -0.415. The van der Waals surface area contributed by atoms with E-state index in [1.54, 1.807) is 18.7 Å². The first-order valence-corrected chi connectivity index (χ1v) is 5.60. The number of nitrogens with zero attached hydrogens (tertiary/aromatic N) is 1. The van der Waals surface area contributed by atoms with Crippen molar-refractivity contribution >= 4 is 11.8 Å². The summed E-state index contributed by atoms with van der Waals surface area (Å²) in [5.41, 5.74) is -0.827. The van der Waals surface area contributed by atoms with Crippen LogP contribution in [0.25, 0.3) is 0 Å². The first-order chi connectivity index (χ1) is 7.46. The number of hydrogen-bond acceptors (Lipinski definition) is 3. The molecule has 0 radical (unpaired) electrons. The Morgan fingerprint density at radius 3 is 2.81 bits per heavy atom. The number of piperazine rings is 1. The fraction of sp³-hybridized carbons (Fsp3) is 0.818. The van der Waals surface area contributed by atoms with Gasteiger partial charge in [0.1, 0.15) is 11.6 Å². The van der Waals surface area contributed by atoms with Crippen LogP contribution in [-0.4, -0.2) is 48.6 Å². The molecule has 2 unspecified atom stereocenters. The van der Waals surface area contributed by atoms with Gasteiger partial charge in [0.05, 0.1) is 0 Å². The maximum absolute atomic E-state index is 12.3. The summed E-state index contributed by atoms with van der Waals surface area (Å²) in [4.78, 5) is 25.3. The predicted octanol–water partition coefficient (Wildman–Crippen LogP) is 0.148. The van der Waals surface area contributed by atoms with Crippen molar-refractivity contribution in [1.82, 2.24) is 10.2 Å². The zero-order valence-electron chi connectivity index (χ0n) is 10.4. The fourth-order valence-electron chi connectivity index (χ4n) is 1.75. The summed E-state index contributed by atoms with van der Waals surface area (Å²) < 4.78 is 5.26. The number of amides is 2. The van der Waals surface area contributed by atoms with E-state index in [-0.39, 0.29) is 11.8 Å². The second kappa shape index (κ2) is 4.82. The SMILES string of the molecule is CCC(C)(OC)C(=O)N1CCNC(=O)C1C. The van der Waals surface area contributed by atoms with Crippen molar-refractivity contribution in [3.63, 3.8) is 0 Å². The number of carbonyl (C=O) groups excluding carboxylic acids is 2. The summed E-state index contributed by atoms with van der Waals surface area (Å²) in [7, 11) is 1.52. The van der Waals surface area contributed by atoms with Gasteiger partial charge in [-0.1, -0.05) is 6.92 Å². The van der Waals surface area contributed by atoms with Crippen LogP contribution < -0.4 is 5.32 Å². The molecule has 1 fully saturated rings. The lowest BCUT2D eigenvalue weighted by atomic mass is 9.99. The van der Waals surface area contributed by atoms with Crippen LogP contribution in [0.2, 0.25) is 0 Å². The Hall–Kier alpha value is -1.10. The minimum atomic E-state index is -0.827. The van der Waals surface area contributed by atoms with E-state index in [1.807, 2.05) is 6.92 Å². The average Bonchev–Trinajstić information content (AvgIpc) is 2.31. The molecule has 0 bridgehead atoms. The van der Waals surface area contributed by atoms with Crippen LogP contribution in [0, 0.1) is 0 Å². The van der Waals surface area contributed by atoms with Crippen molar-refractivity contribution in [1.29, 1.82) is 0 Å². The summed E-state index contributed by atoms with van der Waals surface area (Å²) in [5, 5.41) is 2.73. The zero-order chi connectivity index (χ0) is 12.3. The van der Waals surface area contributed by atoms with E-state index in [9.17, 15) is 9.59 Å². The highest BCUT2D eigenvalue weighted by atomic mass is 16.5. The van der Waals surface area contributed by atoms with Crippen molar-refractivity contribution in [3.8, 4) is 0 Å². The molecule has 0 aromatic rings. The van der Waals surface area contributed by atoms with Gasteiger partial charge in [0.25, 0.3) is 5.91 Å². The number of ether oxygens (including phenoxy) is 1. The second-order valence-corrected chi connectivity index (χ2v) is 4.25.